The van der Waals surface area contributed by atoms with Gasteiger partial charge in [-0.1, -0.05) is 88.6 Å². The fourth-order valence-corrected chi connectivity index (χ4v) is 4.32. The number of hydrogen-bond donors (Lipinski definition) is 1. The first-order valence-electron chi connectivity index (χ1n) is 13.4. The summed E-state index contributed by atoms with van der Waals surface area (Å²) in [6.07, 6.45) is 4.02. The molecule has 2 aromatic carbocycles. The third-order valence-electron chi connectivity index (χ3n) is 6.51. The summed E-state index contributed by atoms with van der Waals surface area (Å²) < 4.78 is 1.81. The van der Waals surface area contributed by atoms with Crippen LogP contribution in [-0.4, -0.2) is 39.6 Å². The molecular formula is C31H42N4O2. The first-order valence-corrected chi connectivity index (χ1v) is 13.4. The van der Waals surface area contributed by atoms with Gasteiger partial charge < -0.3 is 10.2 Å². The van der Waals surface area contributed by atoms with E-state index in [9.17, 15) is 9.59 Å². The van der Waals surface area contributed by atoms with Crippen molar-refractivity contribution in [1.82, 2.24) is 14.7 Å². The fraction of sp³-hybridized carbons (Fsp3) is 0.452. The van der Waals surface area contributed by atoms with E-state index >= 15 is 0 Å². The molecule has 0 bridgehead atoms. The number of nitrogens with one attached hydrogen (secondary N) is 1. The Labute approximate surface area is 222 Å². The van der Waals surface area contributed by atoms with E-state index in [1.54, 1.807) is 4.90 Å². The summed E-state index contributed by atoms with van der Waals surface area (Å²) in [5.41, 5.74) is 5.02. The van der Waals surface area contributed by atoms with E-state index in [1.807, 2.05) is 60.1 Å². The SMILES string of the molecule is CCCCCN(CC(=O)Nc1cc(C(C)(C)C)nn1-c1ccc(C)cc1C)C(=O)CCc1ccccc1. The molecule has 3 rings (SSSR count). The largest absolute Gasteiger partial charge is 0.333 e. The highest BCUT2D eigenvalue weighted by molar-refractivity contribution is 5.94. The lowest BCUT2D eigenvalue weighted by Crippen LogP contribution is -2.39. The van der Waals surface area contributed by atoms with Crippen LogP contribution < -0.4 is 5.32 Å². The van der Waals surface area contributed by atoms with E-state index in [2.05, 4.69) is 46.0 Å². The second-order valence-electron chi connectivity index (χ2n) is 10.9. The van der Waals surface area contributed by atoms with E-state index in [0.29, 0.717) is 25.2 Å². The number of amides is 2. The second kappa shape index (κ2) is 12.7. The van der Waals surface area contributed by atoms with Crippen molar-refractivity contribution < 1.29 is 9.59 Å². The van der Waals surface area contributed by atoms with Crippen molar-refractivity contribution in [3.8, 4) is 5.69 Å². The molecule has 0 radical (unpaired) electrons. The van der Waals surface area contributed by atoms with Crippen LogP contribution in [0.15, 0.2) is 54.6 Å². The van der Waals surface area contributed by atoms with Gasteiger partial charge in [0.05, 0.1) is 17.9 Å². The predicted octanol–water partition coefficient (Wildman–Crippen LogP) is 6.38. The van der Waals surface area contributed by atoms with Gasteiger partial charge >= 0.3 is 0 Å². The first kappa shape index (κ1) is 28.2. The van der Waals surface area contributed by atoms with Gasteiger partial charge in [-0.15, -0.1) is 0 Å². The zero-order valence-electron chi connectivity index (χ0n) is 23.3. The van der Waals surface area contributed by atoms with Crippen LogP contribution in [0, 0.1) is 13.8 Å². The number of hydrogen-bond acceptors (Lipinski definition) is 3. The highest BCUT2D eigenvalue weighted by atomic mass is 16.2. The molecule has 0 aliphatic carbocycles. The summed E-state index contributed by atoms with van der Waals surface area (Å²) in [6.45, 7) is 13.2. The van der Waals surface area contributed by atoms with Gasteiger partial charge in [0, 0.05) is 24.4 Å². The first-order chi connectivity index (χ1) is 17.6. The van der Waals surface area contributed by atoms with Crippen molar-refractivity contribution in [2.45, 2.75) is 79.1 Å². The Bertz CT molecular complexity index is 1190. The van der Waals surface area contributed by atoms with E-state index < -0.39 is 0 Å². The molecule has 0 atom stereocenters. The summed E-state index contributed by atoms with van der Waals surface area (Å²) in [5, 5.41) is 7.92. The van der Waals surface area contributed by atoms with Crippen molar-refractivity contribution >= 4 is 17.6 Å². The zero-order valence-corrected chi connectivity index (χ0v) is 23.3. The molecule has 3 aromatic rings. The van der Waals surface area contributed by atoms with Gasteiger partial charge in [0.2, 0.25) is 11.8 Å². The van der Waals surface area contributed by atoms with Gasteiger partial charge in [-0.05, 0) is 43.9 Å². The molecule has 6 heteroatoms. The number of aromatic nitrogens is 2. The number of rotatable bonds is 11. The van der Waals surface area contributed by atoms with E-state index in [1.165, 1.54) is 5.56 Å². The third kappa shape index (κ3) is 8.04. The maximum Gasteiger partial charge on any atom is 0.245 e. The standard InChI is InChI=1S/C31H42N4O2/c1-7-8-12-19-34(30(37)18-16-25-13-10-9-11-14-25)22-29(36)32-28-21-27(31(4,5)6)33-35(28)26-17-15-23(2)20-24(26)3/h9-11,13-15,17,20-21H,7-8,12,16,18-19,22H2,1-6H3,(H,32,36). The summed E-state index contributed by atoms with van der Waals surface area (Å²) in [5.74, 6) is 0.413. The Morgan fingerprint density at radius 3 is 2.38 bits per heavy atom. The molecule has 0 aliphatic rings. The van der Waals surface area contributed by atoms with Gasteiger partial charge in [0.25, 0.3) is 0 Å². The number of carbonyl (C=O) groups is 2. The van der Waals surface area contributed by atoms with Crippen LogP contribution in [0.2, 0.25) is 0 Å². The van der Waals surface area contributed by atoms with Crippen LogP contribution in [0.4, 0.5) is 5.82 Å². The number of benzene rings is 2. The quantitative estimate of drug-likeness (QED) is 0.310. The third-order valence-corrected chi connectivity index (χ3v) is 6.51. The van der Waals surface area contributed by atoms with Gasteiger partial charge in [-0.2, -0.15) is 5.10 Å². The van der Waals surface area contributed by atoms with Crippen LogP contribution in [-0.2, 0) is 21.4 Å². The number of nitrogens with zero attached hydrogens (tertiary/aromatic N) is 3. The van der Waals surface area contributed by atoms with Crippen molar-refractivity contribution in [2.75, 3.05) is 18.4 Å². The smallest absolute Gasteiger partial charge is 0.245 e. The van der Waals surface area contributed by atoms with Crippen LogP contribution in [0.25, 0.3) is 5.69 Å². The molecule has 1 N–H and O–H groups in total. The van der Waals surface area contributed by atoms with E-state index in [4.69, 9.17) is 5.10 Å². The maximum absolute atomic E-state index is 13.3. The van der Waals surface area contributed by atoms with Crippen molar-refractivity contribution in [3.05, 3.63) is 77.0 Å². The predicted molar refractivity (Wildman–Crippen MR) is 151 cm³/mol. The minimum Gasteiger partial charge on any atom is -0.333 e. The molecule has 0 spiro atoms. The number of unbranched alkanes of at least 4 members (excludes halogenated alkanes) is 2. The van der Waals surface area contributed by atoms with Crippen LogP contribution in [0.1, 0.15) is 75.8 Å². The molecule has 37 heavy (non-hydrogen) atoms. The van der Waals surface area contributed by atoms with Gasteiger partial charge in [-0.3, -0.25) is 9.59 Å². The monoisotopic (exact) mass is 502 g/mol. The molecule has 1 heterocycles. The second-order valence-corrected chi connectivity index (χ2v) is 10.9. The van der Waals surface area contributed by atoms with Crippen LogP contribution in [0.3, 0.4) is 0 Å². The highest BCUT2D eigenvalue weighted by Crippen LogP contribution is 2.28. The Hall–Kier alpha value is -3.41. The molecule has 0 saturated heterocycles. The average molecular weight is 503 g/mol. The molecule has 0 saturated carbocycles. The number of anilines is 1. The topological polar surface area (TPSA) is 67.2 Å². The number of aryl methyl sites for hydroxylation is 3. The normalized spacial score (nSPS) is 11.4. The lowest BCUT2D eigenvalue weighted by Gasteiger charge is -2.22. The molecule has 0 fully saturated rings. The molecule has 6 nitrogen and oxygen atoms in total. The van der Waals surface area contributed by atoms with E-state index in [0.717, 1.165) is 41.8 Å². The Morgan fingerprint density at radius 2 is 1.73 bits per heavy atom. The highest BCUT2D eigenvalue weighted by Gasteiger charge is 2.23. The minimum absolute atomic E-state index is 0.00775. The lowest BCUT2D eigenvalue weighted by atomic mass is 9.92. The Balaban J connectivity index is 1.79. The number of carbonyl (C=O) groups excluding carboxylic acids is 2. The van der Waals surface area contributed by atoms with Crippen molar-refractivity contribution in [3.63, 3.8) is 0 Å². The Morgan fingerprint density at radius 1 is 1.00 bits per heavy atom. The minimum atomic E-state index is -0.212. The van der Waals surface area contributed by atoms with Gasteiger partial charge in [0.15, 0.2) is 0 Å². The fourth-order valence-electron chi connectivity index (χ4n) is 4.32. The zero-order chi connectivity index (χ0) is 27.0. The lowest BCUT2D eigenvalue weighted by molar-refractivity contribution is -0.134. The molecule has 1 aromatic heterocycles. The molecule has 198 valence electrons. The summed E-state index contributed by atoms with van der Waals surface area (Å²) in [4.78, 5) is 28.1. The van der Waals surface area contributed by atoms with E-state index in [-0.39, 0.29) is 23.8 Å². The summed E-state index contributed by atoms with van der Waals surface area (Å²) in [6, 6.07) is 18.1. The van der Waals surface area contributed by atoms with Crippen LogP contribution >= 0.6 is 0 Å². The van der Waals surface area contributed by atoms with Crippen molar-refractivity contribution in [1.29, 1.82) is 0 Å². The van der Waals surface area contributed by atoms with Crippen LogP contribution in [0.5, 0.6) is 0 Å². The molecular weight excluding hydrogens is 460 g/mol. The van der Waals surface area contributed by atoms with Crippen molar-refractivity contribution in [2.24, 2.45) is 0 Å². The van der Waals surface area contributed by atoms with Gasteiger partial charge in [-0.25, -0.2) is 4.68 Å². The van der Waals surface area contributed by atoms with Gasteiger partial charge in [0.1, 0.15) is 5.82 Å². The molecule has 0 aliphatic heterocycles. The average Bonchev–Trinajstić information content (AvgIpc) is 3.26. The summed E-state index contributed by atoms with van der Waals surface area (Å²) in [7, 11) is 0. The maximum atomic E-state index is 13.3. The Kier molecular flexibility index (Phi) is 9.67. The molecule has 0 unspecified atom stereocenters. The molecule has 2 amide bonds. The summed E-state index contributed by atoms with van der Waals surface area (Å²) >= 11 is 0.